The molecule has 0 aliphatic rings. The third-order valence-electron chi connectivity index (χ3n) is 6.47. The predicted octanol–water partition coefficient (Wildman–Crippen LogP) is 4.83. The second-order valence-electron chi connectivity index (χ2n) is 9.67. The lowest BCUT2D eigenvalue weighted by atomic mass is 10.1. The van der Waals surface area contributed by atoms with Gasteiger partial charge in [-0.15, -0.1) is 0 Å². The van der Waals surface area contributed by atoms with Gasteiger partial charge >= 0.3 is 0 Å². The van der Waals surface area contributed by atoms with Crippen LogP contribution in [0.1, 0.15) is 43.9 Å². The van der Waals surface area contributed by atoms with Gasteiger partial charge in [0.15, 0.2) is 0 Å². The van der Waals surface area contributed by atoms with Gasteiger partial charge in [-0.05, 0) is 75.1 Å². The van der Waals surface area contributed by atoms with E-state index in [0.717, 1.165) is 27.4 Å². The molecular formula is C30H37N3O4S. The minimum atomic E-state index is -4.07. The number of carbonyl (C=O) groups excluding carboxylic acids is 2. The molecule has 1 N–H and O–H groups in total. The Balaban J connectivity index is 2.03. The molecule has 0 aliphatic carbocycles. The van der Waals surface area contributed by atoms with Gasteiger partial charge in [-0.3, -0.25) is 13.9 Å². The van der Waals surface area contributed by atoms with Gasteiger partial charge in [0, 0.05) is 12.6 Å². The Hall–Kier alpha value is -3.65. The quantitative estimate of drug-likeness (QED) is 0.381. The lowest BCUT2D eigenvalue weighted by Gasteiger charge is -2.32. The number of hydrogen-bond acceptors (Lipinski definition) is 4. The van der Waals surface area contributed by atoms with Crippen molar-refractivity contribution in [3.8, 4) is 0 Å². The van der Waals surface area contributed by atoms with Gasteiger partial charge in [-0.1, -0.05) is 61.5 Å². The number of sulfonamides is 1. The van der Waals surface area contributed by atoms with Crippen molar-refractivity contribution in [3.05, 3.63) is 95.6 Å². The van der Waals surface area contributed by atoms with Crippen molar-refractivity contribution in [3.63, 3.8) is 0 Å². The molecule has 0 aliphatic heterocycles. The number of benzene rings is 3. The average molecular weight is 536 g/mol. The van der Waals surface area contributed by atoms with E-state index in [9.17, 15) is 18.0 Å². The number of carbonyl (C=O) groups is 2. The highest BCUT2D eigenvalue weighted by atomic mass is 32.2. The summed E-state index contributed by atoms with van der Waals surface area (Å²) in [6, 6.07) is 22.0. The van der Waals surface area contributed by atoms with E-state index in [-0.39, 0.29) is 23.4 Å². The largest absolute Gasteiger partial charge is 0.352 e. The third kappa shape index (κ3) is 7.22. The van der Waals surface area contributed by atoms with Crippen molar-refractivity contribution >= 4 is 27.5 Å². The molecule has 2 amide bonds. The normalized spacial score (nSPS) is 12.9. The molecule has 0 heterocycles. The minimum absolute atomic E-state index is 0.0520. The molecule has 0 saturated carbocycles. The molecule has 0 unspecified atom stereocenters. The maximum absolute atomic E-state index is 13.9. The molecule has 3 aromatic carbocycles. The van der Waals surface area contributed by atoms with Crippen molar-refractivity contribution in [2.75, 3.05) is 10.8 Å². The summed E-state index contributed by atoms with van der Waals surface area (Å²) in [5.41, 5.74) is 3.00. The first-order chi connectivity index (χ1) is 18.0. The monoisotopic (exact) mass is 535 g/mol. The van der Waals surface area contributed by atoms with Gasteiger partial charge < -0.3 is 10.2 Å². The van der Waals surface area contributed by atoms with E-state index in [4.69, 9.17) is 0 Å². The summed E-state index contributed by atoms with van der Waals surface area (Å²) >= 11 is 0. The first-order valence-electron chi connectivity index (χ1n) is 12.8. The third-order valence-corrected chi connectivity index (χ3v) is 8.26. The van der Waals surface area contributed by atoms with Crippen LogP contribution in [0.4, 0.5) is 5.69 Å². The lowest BCUT2D eigenvalue weighted by Crippen LogP contribution is -2.52. The molecule has 2 atom stereocenters. The summed E-state index contributed by atoms with van der Waals surface area (Å²) in [6.45, 7) is 9.03. The van der Waals surface area contributed by atoms with Crippen LogP contribution in [0.2, 0.25) is 0 Å². The molecule has 0 aromatic heterocycles. The molecule has 0 radical (unpaired) electrons. The summed E-state index contributed by atoms with van der Waals surface area (Å²) in [7, 11) is -4.07. The Morgan fingerprint density at radius 2 is 1.42 bits per heavy atom. The molecule has 8 heteroatoms. The zero-order chi connectivity index (χ0) is 27.9. The van der Waals surface area contributed by atoms with Gasteiger partial charge in [-0.25, -0.2) is 8.42 Å². The van der Waals surface area contributed by atoms with Crippen molar-refractivity contribution in [1.82, 2.24) is 10.2 Å². The van der Waals surface area contributed by atoms with E-state index >= 15 is 0 Å². The molecule has 0 saturated heterocycles. The number of aryl methyl sites for hydroxylation is 2. The van der Waals surface area contributed by atoms with E-state index in [2.05, 4.69) is 5.32 Å². The van der Waals surface area contributed by atoms with Crippen LogP contribution in [-0.4, -0.2) is 43.8 Å². The minimum Gasteiger partial charge on any atom is -0.352 e. The fraction of sp³-hybridized carbons (Fsp3) is 0.333. The number of amides is 2. The summed E-state index contributed by atoms with van der Waals surface area (Å²) in [5, 5.41) is 2.94. The topological polar surface area (TPSA) is 86.8 Å². The van der Waals surface area contributed by atoms with Crippen molar-refractivity contribution in [2.24, 2.45) is 0 Å². The van der Waals surface area contributed by atoms with E-state index in [1.807, 2.05) is 64.1 Å². The number of nitrogens with zero attached hydrogens (tertiary/aromatic N) is 2. The zero-order valence-electron chi connectivity index (χ0n) is 22.7. The first-order valence-corrected chi connectivity index (χ1v) is 14.3. The molecule has 7 nitrogen and oxygen atoms in total. The van der Waals surface area contributed by atoms with Crippen LogP contribution in [0.25, 0.3) is 0 Å². The van der Waals surface area contributed by atoms with Gasteiger partial charge in [0.25, 0.3) is 10.0 Å². The Morgan fingerprint density at radius 3 is 1.97 bits per heavy atom. The SMILES string of the molecule is CC[C@@H](C)NC(=O)[C@H](C)N(Cc1ccccc1)C(=O)CN(c1cc(C)cc(C)c1)S(=O)(=O)c1ccccc1. The number of rotatable bonds is 11. The highest BCUT2D eigenvalue weighted by Gasteiger charge is 2.32. The van der Waals surface area contributed by atoms with E-state index in [1.165, 1.54) is 17.0 Å². The summed E-state index contributed by atoms with van der Waals surface area (Å²) < 4.78 is 28.8. The van der Waals surface area contributed by atoms with E-state index < -0.39 is 28.5 Å². The number of hydrogen-bond donors (Lipinski definition) is 1. The molecule has 202 valence electrons. The molecule has 0 spiro atoms. The van der Waals surface area contributed by atoms with E-state index in [1.54, 1.807) is 37.3 Å². The number of nitrogens with one attached hydrogen (secondary N) is 1. The van der Waals surface area contributed by atoms with Crippen LogP contribution in [0.5, 0.6) is 0 Å². The van der Waals surface area contributed by atoms with Crippen LogP contribution in [0, 0.1) is 13.8 Å². The Kier molecular flexibility index (Phi) is 9.69. The summed E-state index contributed by atoms with van der Waals surface area (Å²) in [4.78, 5) is 28.5. The van der Waals surface area contributed by atoms with Crippen LogP contribution >= 0.6 is 0 Å². The molecule has 3 rings (SSSR count). The second kappa shape index (κ2) is 12.7. The molecule has 0 bridgehead atoms. The Labute approximate surface area is 226 Å². The van der Waals surface area contributed by atoms with Crippen LogP contribution in [0.3, 0.4) is 0 Å². The van der Waals surface area contributed by atoms with Crippen LogP contribution in [0.15, 0.2) is 83.8 Å². The highest BCUT2D eigenvalue weighted by Crippen LogP contribution is 2.26. The zero-order valence-corrected chi connectivity index (χ0v) is 23.5. The molecule has 38 heavy (non-hydrogen) atoms. The number of anilines is 1. The first kappa shape index (κ1) is 28.9. The maximum Gasteiger partial charge on any atom is 0.264 e. The van der Waals surface area contributed by atoms with Crippen LogP contribution < -0.4 is 9.62 Å². The summed E-state index contributed by atoms with van der Waals surface area (Å²) in [5.74, 6) is -0.758. The summed E-state index contributed by atoms with van der Waals surface area (Å²) in [6.07, 6.45) is 0.751. The standard InChI is InChI=1S/C30H37N3O4S/c1-6-24(4)31-30(35)25(5)32(20-26-13-9-7-10-14-26)29(34)21-33(27-18-22(2)17-23(3)19-27)38(36,37)28-15-11-8-12-16-28/h7-19,24-25H,6,20-21H2,1-5H3,(H,31,35)/t24-,25+/m1/s1. The van der Waals surface area contributed by atoms with Crippen molar-refractivity contribution < 1.29 is 18.0 Å². The fourth-order valence-corrected chi connectivity index (χ4v) is 5.59. The van der Waals surface area contributed by atoms with Crippen molar-refractivity contribution in [2.45, 2.75) is 64.6 Å². The predicted molar refractivity (Wildman–Crippen MR) is 151 cm³/mol. The lowest BCUT2D eigenvalue weighted by molar-refractivity contribution is -0.139. The second-order valence-corrected chi connectivity index (χ2v) is 11.5. The Bertz CT molecular complexity index is 1320. The van der Waals surface area contributed by atoms with Crippen molar-refractivity contribution in [1.29, 1.82) is 0 Å². The van der Waals surface area contributed by atoms with Gasteiger partial charge in [-0.2, -0.15) is 0 Å². The van der Waals surface area contributed by atoms with Gasteiger partial charge in [0.2, 0.25) is 11.8 Å². The van der Waals surface area contributed by atoms with Crippen LogP contribution in [-0.2, 0) is 26.2 Å². The average Bonchev–Trinajstić information content (AvgIpc) is 2.90. The molecule has 0 fully saturated rings. The molecule has 3 aromatic rings. The van der Waals surface area contributed by atoms with E-state index in [0.29, 0.717) is 5.69 Å². The fourth-order valence-electron chi connectivity index (χ4n) is 4.17. The smallest absolute Gasteiger partial charge is 0.264 e. The maximum atomic E-state index is 13.9. The Morgan fingerprint density at radius 1 is 0.868 bits per heavy atom. The van der Waals surface area contributed by atoms with Gasteiger partial charge in [0.05, 0.1) is 10.6 Å². The highest BCUT2D eigenvalue weighted by molar-refractivity contribution is 7.92. The van der Waals surface area contributed by atoms with Gasteiger partial charge in [0.1, 0.15) is 12.6 Å². The molecular weight excluding hydrogens is 498 g/mol.